The number of hydrogen-bond acceptors (Lipinski definition) is 3. The zero-order valence-electron chi connectivity index (χ0n) is 5.16. The van der Waals surface area contributed by atoms with Crippen LogP contribution in [0.25, 0.3) is 10.4 Å². The average molecular weight is 164 g/mol. The summed E-state index contributed by atoms with van der Waals surface area (Å²) >= 11 is 5.09. The first-order valence-corrected chi connectivity index (χ1v) is 3.07. The van der Waals surface area contributed by atoms with E-state index >= 15 is 0 Å². The van der Waals surface area contributed by atoms with Crippen molar-refractivity contribution in [2.24, 2.45) is 5.11 Å². The second kappa shape index (κ2) is 6.19. The molecular formula is C4H6ClN3O2. The van der Waals surface area contributed by atoms with Crippen LogP contribution in [0.2, 0.25) is 0 Å². The van der Waals surface area contributed by atoms with E-state index in [0.29, 0.717) is 0 Å². The first kappa shape index (κ1) is 9.07. The van der Waals surface area contributed by atoms with Crippen molar-refractivity contribution in [3.8, 4) is 0 Å². The molecule has 6 heteroatoms. The summed E-state index contributed by atoms with van der Waals surface area (Å²) in [5, 5.41) is 3.14. The standard InChI is InChI=1S/C4H6ClN3O2/c5-3-4(9)10-2-1-7-8-6/h1-3H2. The fourth-order valence-electron chi connectivity index (χ4n) is 0.284. The number of carbonyl (C=O) groups is 1. The van der Waals surface area contributed by atoms with Crippen LogP contribution in [0.1, 0.15) is 0 Å². The van der Waals surface area contributed by atoms with E-state index in [0.717, 1.165) is 0 Å². The minimum absolute atomic E-state index is 0.0929. The molecule has 0 aliphatic heterocycles. The Labute approximate surface area is 62.5 Å². The van der Waals surface area contributed by atoms with Crippen molar-refractivity contribution in [1.29, 1.82) is 0 Å². The van der Waals surface area contributed by atoms with Crippen molar-refractivity contribution < 1.29 is 9.53 Å². The number of nitrogens with zero attached hydrogens (tertiary/aromatic N) is 3. The van der Waals surface area contributed by atoms with E-state index in [1.165, 1.54) is 0 Å². The molecule has 0 aromatic rings. The minimum Gasteiger partial charge on any atom is -0.465 e. The minimum atomic E-state index is -0.505. The molecule has 0 aromatic carbocycles. The van der Waals surface area contributed by atoms with E-state index in [-0.39, 0.29) is 19.0 Å². The van der Waals surface area contributed by atoms with Gasteiger partial charge in [0.25, 0.3) is 0 Å². The first-order chi connectivity index (χ1) is 4.81. The molecule has 0 aliphatic rings. The summed E-state index contributed by atoms with van der Waals surface area (Å²) in [5.41, 5.74) is 7.78. The van der Waals surface area contributed by atoms with Crippen molar-refractivity contribution >= 4 is 17.6 Å². The van der Waals surface area contributed by atoms with Gasteiger partial charge in [-0.05, 0) is 5.53 Å². The van der Waals surface area contributed by atoms with Crippen LogP contribution in [0.4, 0.5) is 0 Å². The molecular weight excluding hydrogens is 158 g/mol. The lowest BCUT2D eigenvalue weighted by atomic mass is 10.7. The molecule has 0 rings (SSSR count). The van der Waals surface area contributed by atoms with Gasteiger partial charge in [0.1, 0.15) is 5.88 Å². The molecule has 0 saturated carbocycles. The summed E-state index contributed by atoms with van der Waals surface area (Å²) in [6.45, 7) is 0.245. The molecule has 0 amide bonds. The van der Waals surface area contributed by atoms with Gasteiger partial charge < -0.3 is 4.74 Å². The smallest absolute Gasteiger partial charge is 0.320 e. The third-order valence-corrected chi connectivity index (χ3v) is 0.845. The molecule has 0 bridgehead atoms. The van der Waals surface area contributed by atoms with Gasteiger partial charge in [0.15, 0.2) is 0 Å². The molecule has 0 N–H and O–H groups in total. The second-order valence-electron chi connectivity index (χ2n) is 1.31. The van der Waals surface area contributed by atoms with Gasteiger partial charge in [-0.1, -0.05) is 5.11 Å². The molecule has 0 spiro atoms. The number of alkyl halides is 1. The molecule has 0 heterocycles. The highest BCUT2D eigenvalue weighted by molar-refractivity contribution is 6.26. The first-order valence-electron chi connectivity index (χ1n) is 2.53. The molecule has 10 heavy (non-hydrogen) atoms. The molecule has 0 unspecified atom stereocenters. The maximum absolute atomic E-state index is 10.3. The van der Waals surface area contributed by atoms with Crippen molar-refractivity contribution in [1.82, 2.24) is 0 Å². The van der Waals surface area contributed by atoms with Gasteiger partial charge >= 0.3 is 5.97 Å². The lowest BCUT2D eigenvalue weighted by molar-refractivity contribution is -0.140. The van der Waals surface area contributed by atoms with Crippen molar-refractivity contribution in [2.45, 2.75) is 0 Å². The zero-order chi connectivity index (χ0) is 7.82. The molecule has 0 atom stereocenters. The monoisotopic (exact) mass is 163 g/mol. The predicted octanol–water partition coefficient (Wildman–Crippen LogP) is 1.08. The Kier molecular flexibility index (Phi) is 5.62. The largest absolute Gasteiger partial charge is 0.465 e. The molecule has 0 aliphatic carbocycles. The Bertz CT molecular complexity index is 155. The van der Waals surface area contributed by atoms with Gasteiger partial charge in [0, 0.05) is 4.91 Å². The normalized spacial score (nSPS) is 8.10. The SMILES string of the molecule is [N-]=[N+]=NCCOC(=O)CCl. The van der Waals surface area contributed by atoms with E-state index in [9.17, 15) is 4.79 Å². The number of ether oxygens (including phenoxy) is 1. The van der Waals surface area contributed by atoms with Crippen LogP contribution in [0.15, 0.2) is 5.11 Å². The Hall–Kier alpha value is -0.930. The third-order valence-electron chi connectivity index (χ3n) is 0.627. The Morgan fingerprint density at radius 3 is 3.00 bits per heavy atom. The number of hydrogen-bond donors (Lipinski definition) is 0. The molecule has 0 saturated heterocycles. The van der Waals surface area contributed by atoms with Crippen LogP contribution in [-0.4, -0.2) is 25.0 Å². The summed E-state index contributed by atoms with van der Waals surface area (Å²) in [6, 6.07) is 0. The maximum Gasteiger partial charge on any atom is 0.320 e. The molecule has 5 nitrogen and oxygen atoms in total. The number of azide groups is 1. The van der Waals surface area contributed by atoms with E-state index in [1.54, 1.807) is 0 Å². The van der Waals surface area contributed by atoms with Crippen LogP contribution in [0.5, 0.6) is 0 Å². The highest BCUT2D eigenvalue weighted by atomic mass is 35.5. The Morgan fingerprint density at radius 1 is 1.80 bits per heavy atom. The lowest BCUT2D eigenvalue weighted by Gasteiger charge is -1.96. The van der Waals surface area contributed by atoms with E-state index in [2.05, 4.69) is 14.8 Å². The van der Waals surface area contributed by atoms with Crippen LogP contribution in [0, 0.1) is 0 Å². The van der Waals surface area contributed by atoms with Crippen LogP contribution >= 0.6 is 11.6 Å². The molecule has 0 radical (unpaired) electrons. The van der Waals surface area contributed by atoms with Gasteiger partial charge in [0.05, 0.1) is 13.2 Å². The van der Waals surface area contributed by atoms with Gasteiger partial charge in [-0.3, -0.25) is 4.79 Å². The maximum atomic E-state index is 10.3. The quantitative estimate of drug-likeness (QED) is 0.155. The van der Waals surface area contributed by atoms with Crippen molar-refractivity contribution in [3.63, 3.8) is 0 Å². The fraction of sp³-hybridized carbons (Fsp3) is 0.750. The number of carbonyl (C=O) groups excluding carboxylic acids is 1. The molecule has 0 aromatic heterocycles. The van der Waals surface area contributed by atoms with Crippen LogP contribution in [-0.2, 0) is 9.53 Å². The van der Waals surface area contributed by atoms with Crippen molar-refractivity contribution in [2.75, 3.05) is 19.0 Å². The van der Waals surface area contributed by atoms with Gasteiger partial charge in [0.2, 0.25) is 0 Å². The second-order valence-corrected chi connectivity index (χ2v) is 1.58. The highest BCUT2D eigenvalue weighted by Gasteiger charge is 1.96. The number of rotatable bonds is 4. The topological polar surface area (TPSA) is 75.1 Å². The van der Waals surface area contributed by atoms with Gasteiger partial charge in [-0.25, -0.2) is 0 Å². The van der Waals surface area contributed by atoms with Crippen molar-refractivity contribution in [3.05, 3.63) is 10.4 Å². The van der Waals surface area contributed by atoms with E-state index in [1.807, 2.05) is 0 Å². The average Bonchev–Trinajstić information content (AvgIpc) is 1.98. The number of esters is 1. The summed E-state index contributed by atoms with van der Waals surface area (Å²) < 4.78 is 4.46. The number of halogens is 1. The summed E-state index contributed by atoms with van der Waals surface area (Å²) in [5.74, 6) is -0.675. The van der Waals surface area contributed by atoms with Gasteiger partial charge in [-0.2, -0.15) is 0 Å². The Balaban J connectivity index is 3.19. The summed E-state index contributed by atoms with van der Waals surface area (Å²) in [4.78, 5) is 12.7. The van der Waals surface area contributed by atoms with Crippen LogP contribution in [0.3, 0.4) is 0 Å². The highest BCUT2D eigenvalue weighted by Crippen LogP contribution is 1.82. The fourth-order valence-corrected chi connectivity index (χ4v) is 0.361. The molecule has 56 valence electrons. The van der Waals surface area contributed by atoms with Gasteiger partial charge in [-0.15, -0.1) is 11.6 Å². The zero-order valence-corrected chi connectivity index (χ0v) is 5.91. The Morgan fingerprint density at radius 2 is 2.50 bits per heavy atom. The molecule has 0 fully saturated rings. The summed E-state index contributed by atoms with van der Waals surface area (Å²) in [7, 11) is 0. The lowest BCUT2D eigenvalue weighted by Crippen LogP contribution is -2.08. The predicted molar refractivity (Wildman–Crippen MR) is 35.7 cm³/mol. The van der Waals surface area contributed by atoms with E-state index in [4.69, 9.17) is 17.1 Å². The van der Waals surface area contributed by atoms with E-state index < -0.39 is 5.97 Å². The third kappa shape index (κ3) is 5.21. The van der Waals surface area contributed by atoms with Crippen LogP contribution < -0.4 is 0 Å². The summed E-state index contributed by atoms with van der Waals surface area (Å²) in [6.07, 6.45) is 0.